The zero-order chi connectivity index (χ0) is 14.8. The molecule has 1 aliphatic rings. The summed E-state index contributed by atoms with van der Waals surface area (Å²) in [6.45, 7) is 3.99. The number of amides is 2. The van der Waals surface area contributed by atoms with Gasteiger partial charge in [-0.05, 0) is 19.8 Å². The molecule has 0 saturated carbocycles. The van der Waals surface area contributed by atoms with E-state index >= 15 is 0 Å². The van der Waals surface area contributed by atoms with Gasteiger partial charge in [-0.1, -0.05) is 64.7 Å². The van der Waals surface area contributed by atoms with Gasteiger partial charge in [0.1, 0.15) is 0 Å². The van der Waals surface area contributed by atoms with Crippen LogP contribution in [-0.4, -0.2) is 11.8 Å². The molecule has 0 aliphatic carbocycles. The van der Waals surface area contributed by atoms with E-state index in [4.69, 9.17) is 0 Å². The molecule has 20 heavy (non-hydrogen) atoms. The van der Waals surface area contributed by atoms with E-state index in [2.05, 4.69) is 12.2 Å². The lowest BCUT2D eigenvalue weighted by Crippen LogP contribution is -2.22. The zero-order valence-corrected chi connectivity index (χ0v) is 13.1. The Labute approximate surface area is 123 Å². The SMILES string of the molecule is CCCCCCCCCCCCC1=C(C)C(=O)NC1=O. The van der Waals surface area contributed by atoms with E-state index in [1.54, 1.807) is 6.92 Å². The average molecular weight is 279 g/mol. The number of unbranched alkanes of at least 4 members (excludes halogenated alkanes) is 9. The average Bonchev–Trinajstić information content (AvgIpc) is 2.67. The van der Waals surface area contributed by atoms with E-state index in [0.29, 0.717) is 11.1 Å². The van der Waals surface area contributed by atoms with Gasteiger partial charge in [0.05, 0.1) is 0 Å². The summed E-state index contributed by atoms with van der Waals surface area (Å²) in [5, 5.41) is 2.35. The first-order chi connectivity index (χ1) is 9.66. The van der Waals surface area contributed by atoms with Gasteiger partial charge in [-0.3, -0.25) is 14.9 Å². The van der Waals surface area contributed by atoms with Crippen LogP contribution in [-0.2, 0) is 9.59 Å². The summed E-state index contributed by atoms with van der Waals surface area (Å²) in [5.41, 5.74) is 1.32. The highest BCUT2D eigenvalue weighted by molar-refractivity contribution is 6.19. The first kappa shape index (κ1) is 16.9. The van der Waals surface area contributed by atoms with Crippen molar-refractivity contribution in [3.63, 3.8) is 0 Å². The van der Waals surface area contributed by atoms with Gasteiger partial charge >= 0.3 is 0 Å². The fourth-order valence-electron chi connectivity index (χ4n) is 2.67. The molecule has 0 unspecified atom stereocenters. The molecule has 3 heteroatoms. The Kier molecular flexibility index (Phi) is 8.24. The largest absolute Gasteiger partial charge is 0.289 e. The summed E-state index contributed by atoms with van der Waals surface area (Å²) in [7, 11) is 0. The van der Waals surface area contributed by atoms with Crippen LogP contribution in [0.3, 0.4) is 0 Å². The predicted octanol–water partition coefficient (Wildman–Crippen LogP) is 4.27. The fourth-order valence-corrected chi connectivity index (χ4v) is 2.67. The summed E-state index contributed by atoms with van der Waals surface area (Å²) in [4.78, 5) is 22.8. The van der Waals surface area contributed by atoms with Crippen molar-refractivity contribution >= 4 is 11.8 Å². The molecule has 0 aromatic heterocycles. The molecular formula is C17H29NO2. The fraction of sp³-hybridized carbons (Fsp3) is 0.765. The maximum Gasteiger partial charge on any atom is 0.254 e. The summed E-state index contributed by atoms with van der Waals surface area (Å²) >= 11 is 0. The topological polar surface area (TPSA) is 46.2 Å². The van der Waals surface area contributed by atoms with E-state index in [-0.39, 0.29) is 11.8 Å². The van der Waals surface area contributed by atoms with E-state index in [0.717, 1.165) is 19.3 Å². The summed E-state index contributed by atoms with van der Waals surface area (Å²) in [6, 6.07) is 0. The lowest BCUT2D eigenvalue weighted by Gasteiger charge is -2.03. The molecule has 0 bridgehead atoms. The molecule has 3 nitrogen and oxygen atoms in total. The molecular weight excluding hydrogens is 250 g/mol. The van der Waals surface area contributed by atoms with Gasteiger partial charge in [0, 0.05) is 11.1 Å². The van der Waals surface area contributed by atoms with Crippen LogP contribution >= 0.6 is 0 Å². The molecule has 0 radical (unpaired) electrons. The summed E-state index contributed by atoms with van der Waals surface area (Å²) in [5.74, 6) is -0.388. The van der Waals surface area contributed by atoms with Crippen molar-refractivity contribution in [2.45, 2.75) is 84.5 Å². The van der Waals surface area contributed by atoms with Crippen LogP contribution in [0.15, 0.2) is 11.1 Å². The minimum Gasteiger partial charge on any atom is -0.289 e. The molecule has 1 heterocycles. The minimum atomic E-state index is -0.211. The van der Waals surface area contributed by atoms with Gasteiger partial charge in [0.15, 0.2) is 0 Å². The van der Waals surface area contributed by atoms with Gasteiger partial charge in [0.25, 0.3) is 11.8 Å². The first-order valence-corrected chi connectivity index (χ1v) is 8.22. The number of rotatable bonds is 11. The molecule has 0 spiro atoms. The number of hydrogen-bond acceptors (Lipinski definition) is 2. The molecule has 1 aliphatic heterocycles. The van der Waals surface area contributed by atoms with E-state index < -0.39 is 0 Å². The summed E-state index contributed by atoms with van der Waals surface area (Å²) < 4.78 is 0. The van der Waals surface area contributed by atoms with Gasteiger partial charge in [-0.15, -0.1) is 0 Å². The normalized spacial score (nSPS) is 15.1. The molecule has 0 saturated heterocycles. The number of imide groups is 1. The maximum absolute atomic E-state index is 11.5. The van der Waals surface area contributed by atoms with Gasteiger partial charge in [0.2, 0.25) is 0 Å². The van der Waals surface area contributed by atoms with Crippen molar-refractivity contribution in [1.82, 2.24) is 5.32 Å². The highest BCUT2D eigenvalue weighted by Crippen LogP contribution is 2.19. The molecule has 1 N–H and O–H groups in total. The van der Waals surface area contributed by atoms with Gasteiger partial charge in [-0.2, -0.15) is 0 Å². The minimum absolute atomic E-state index is 0.177. The number of carbonyl (C=O) groups excluding carboxylic acids is 2. The molecule has 0 aromatic rings. The second-order valence-corrected chi connectivity index (χ2v) is 5.82. The van der Waals surface area contributed by atoms with Crippen molar-refractivity contribution in [2.24, 2.45) is 0 Å². The Morgan fingerprint density at radius 1 is 0.750 bits per heavy atom. The Morgan fingerprint density at radius 3 is 1.70 bits per heavy atom. The second kappa shape index (κ2) is 9.73. The molecule has 0 fully saturated rings. The van der Waals surface area contributed by atoms with Crippen molar-refractivity contribution in [2.75, 3.05) is 0 Å². The van der Waals surface area contributed by atoms with E-state index in [1.165, 1.54) is 51.4 Å². The zero-order valence-electron chi connectivity index (χ0n) is 13.1. The third-order valence-electron chi connectivity index (χ3n) is 4.07. The quantitative estimate of drug-likeness (QED) is 0.453. The Balaban J connectivity index is 1.98. The number of carbonyl (C=O) groups is 2. The Morgan fingerprint density at radius 2 is 1.25 bits per heavy atom. The van der Waals surface area contributed by atoms with Crippen LogP contribution < -0.4 is 5.32 Å². The van der Waals surface area contributed by atoms with Crippen molar-refractivity contribution in [3.05, 3.63) is 11.1 Å². The monoisotopic (exact) mass is 279 g/mol. The van der Waals surface area contributed by atoms with E-state index in [1.807, 2.05) is 0 Å². The van der Waals surface area contributed by atoms with Crippen LogP contribution in [0.4, 0.5) is 0 Å². The van der Waals surface area contributed by atoms with Crippen LogP contribution in [0, 0.1) is 0 Å². The third-order valence-corrected chi connectivity index (χ3v) is 4.07. The van der Waals surface area contributed by atoms with Crippen molar-refractivity contribution in [3.8, 4) is 0 Å². The Bertz CT molecular complexity index is 358. The highest BCUT2D eigenvalue weighted by Gasteiger charge is 2.25. The molecule has 0 aromatic carbocycles. The standard InChI is InChI=1S/C17H29NO2/c1-3-4-5-6-7-8-9-10-11-12-13-15-14(2)16(19)18-17(15)20/h3-13H2,1-2H3,(H,18,19,20). The lowest BCUT2D eigenvalue weighted by molar-refractivity contribution is -0.124. The third kappa shape index (κ3) is 5.89. The van der Waals surface area contributed by atoms with E-state index in [9.17, 15) is 9.59 Å². The molecule has 114 valence electrons. The predicted molar refractivity (Wildman–Crippen MR) is 82.3 cm³/mol. The van der Waals surface area contributed by atoms with Gasteiger partial charge in [-0.25, -0.2) is 0 Å². The number of hydrogen-bond donors (Lipinski definition) is 1. The second-order valence-electron chi connectivity index (χ2n) is 5.82. The highest BCUT2D eigenvalue weighted by atomic mass is 16.2. The van der Waals surface area contributed by atoms with Crippen LogP contribution in [0.2, 0.25) is 0 Å². The van der Waals surface area contributed by atoms with Crippen molar-refractivity contribution in [1.29, 1.82) is 0 Å². The first-order valence-electron chi connectivity index (χ1n) is 8.22. The molecule has 2 amide bonds. The molecule has 1 rings (SSSR count). The Hall–Kier alpha value is -1.12. The molecule has 0 atom stereocenters. The van der Waals surface area contributed by atoms with Crippen molar-refractivity contribution < 1.29 is 9.59 Å². The van der Waals surface area contributed by atoms with Crippen LogP contribution in [0.5, 0.6) is 0 Å². The maximum atomic E-state index is 11.5. The smallest absolute Gasteiger partial charge is 0.254 e. The van der Waals surface area contributed by atoms with Gasteiger partial charge < -0.3 is 0 Å². The van der Waals surface area contributed by atoms with Crippen LogP contribution in [0.1, 0.15) is 84.5 Å². The van der Waals surface area contributed by atoms with Crippen LogP contribution in [0.25, 0.3) is 0 Å². The number of nitrogens with one attached hydrogen (secondary N) is 1. The lowest BCUT2D eigenvalue weighted by atomic mass is 10.0. The summed E-state index contributed by atoms with van der Waals surface area (Å²) in [6.07, 6.45) is 13.6.